The van der Waals surface area contributed by atoms with E-state index in [9.17, 15) is 18.4 Å². The van der Waals surface area contributed by atoms with Gasteiger partial charge in [0.1, 0.15) is 0 Å². The number of benzene rings is 2. The first kappa shape index (κ1) is 21.4. The largest absolute Gasteiger partial charge is 0.336 e. The number of rotatable bonds is 6. The van der Waals surface area contributed by atoms with Crippen LogP contribution in [-0.2, 0) is 4.79 Å². The molecule has 8 heteroatoms. The van der Waals surface area contributed by atoms with Crippen LogP contribution in [0.1, 0.15) is 16.8 Å². The van der Waals surface area contributed by atoms with E-state index < -0.39 is 11.6 Å². The predicted octanol–water partition coefficient (Wildman–Crippen LogP) is 2.67. The first-order chi connectivity index (χ1) is 14.5. The van der Waals surface area contributed by atoms with Gasteiger partial charge in [-0.15, -0.1) is 0 Å². The molecule has 3 rings (SSSR count). The Morgan fingerprint density at radius 1 is 1.00 bits per heavy atom. The standard InChI is InChI=1S/C22H22F2N4O2/c23-19-8-7-17(15-20(19)24)22(30)27-13-11-26(12-14-27)16-21(29)28(10-4-9-25)18-5-2-1-3-6-18/h1-3,5-8,15H,4,10-14,16H2. The Bertz CT molecular complexity index is 938. The summed E-state index contributed by atoms with van der Waals surface area (Å²) in [6.45, 7) is 2.23. The maximum Gasteiger partial charge on any atom is 0.254 e. The van der Waals surface area contributed by atoms with E-state index in [4.69, 9.17) is 5.26 Å². The molecule has 2 amide bonds. The highest BCUT2D eigenvalue weighted by Crippen LogP contribution is 2.16. The van der Waals surface area contributed by atoms with Gasteiger partial charge in [-0.2, -0.15) is 5.26 Å². The van der Waals surface area contributed by atoms with Crippen LogP contribution in [0.4, 0.5) is 14.5 Å². The fourth-order valence-corrected chi connectivity index (χ4v) is 3.36. The van der Waals surface area contributed by atoms with E-state index in [0.717, 1.165) is 17.8 Å². The lowest BCUT2D eigenvalue weighted by atomic mass is 10.1. The first-order valence-corrected chi connectivity index (χ1v) is 9.68. The van der Waals surface area contributed by atoms with Crippen LogP contribution >= 0.6 is 0 Å². The van der Waals surface area contributed by atoms with E-state index in [1.165, 1.54) is 6.07 Å². The molecule has 0 aromatic heterocycles. The van der Waals surface area contributed by atoms with Crippen LogP contribution in [0, 0.1) is 23.0 Å². The second kappa shape index (κ2) is 9.94. The highest BCUT2D eigenvalue weighted by Gasteiger charge is 2.25. The van der Waals surface area contributed by atoms with Crippen LogP contribution in [-0.4, -0.2) is 60.9 Å². The monoisotopic (exact) mass is 412 g/mol. The number of anilines is 1. The SMILES string of the molecule is N#CCCN(C(=O)CN1CCN(C(=O)c2ccc(F)c(F)c2)CC1)c1ccccc1. The Morgan fingerprint density at radius 3 is 2.33 bits per heavy atom. The van der Waals surface area contributed by atoms with Crippen molar-refractivity contribution in [3.8, 4) is 6.07 Å². The third kappa shape index (κ3) is 5.19. The number of carbonyl (C=O) groups excluding carboxylic acids is 2. The summed E-state index contributed by atoms with van der Waals surface area (Å²) in [7, 11) is 0. The summed E-state index contributed by atoms with van der Waals surface area (Å²) in [5.41, 5.74) is 0.843. The fourth-order valence-electron chi connectivity index (χ4n) is 3.36. The van der Waals surface area contributed by atoms with Crippen molar-refractivity contribution < 1.29 is 18.4 Å². The van der Waals surface area contributed by atoms with E-state index in [1.54, 1.807) is 9.80 Å². The van der Waals surface area contributed by atoms with Gasteiger partial charge in [-0.3, -0.25) is 14.5 Å². The molecule has 0 radical (unpaired) electrons. The lowest BCUT2D eigenvalue weighted by molar-refractivity contribution is -0.120. The minimum atomic E-state index is -1.05. The normalized spacial score (nSPS) is 14.2. The summed E-state index contributed by atoms with van der Waals surface area (Å²) in [5.74, 6) is -2.52. The topological polar surface area (TPSA) is 67.7 Å². The van der Waals surface area contributed by atoms with Crippen LogP contribution in [0.2, 0.25) is 0 Å². The van der Waals surface area contributed by atoms with Gasteiger partial charge in [-0.1, -0.05) is 18.2 Å². The summed E-state index contributed by atoms with van der Waals surface area (Å²) in [6.07, 6.45) is 0.233. The van der Waals surface area contributed by atoms with Crippen molar-refractivity contribution in [2.45, 2.75) is 6.42 Å². The molecule has 0 N–H and O–H groups in total. The fraction of sp³-hybridized carbons (Fsp3) is 0.318. The summed E-state index contributed by atoms with van der Waals surface area (Å²) < 4.78 is 26.5. The Morgan fingerprint density at radius 2 is 1.70 bits per heavy atom. The van der Waals surface area contributed by atoms with Gasteiger partial charge >= 0.3 is 0 Å². The van der Waals surface area contributed by atoms with Crippen molar-refractivity contribution in [1.29, 1.82) is 5.26 Å². The maximum absolute atomic E-state index is 13.4. The molecule has 1 heterocycles. The van der Waals surface area contributed by atoms with E-state index in [1.807, 2.05) is 35.2 Å². The van der Waals surface area contributed by atoms with Gasteiger partial charge < -0.3 is 9.80 Å². The molecule has 1 fully saturated rings. The van der Waals surface area contributed by atoms with Crippen LogP contribution in [0.5, 0.6) is 0 Å². The number of amides is 2. The quantitative estimate of drug-likeness (QED) is 0.732. The zero-order valence-electron chi connectivity index (χ0n) is 16.4. The molecule has 30 heavy (non-hydrogen) atoms. The number of hydrogen-bond acceptors (Lipinski definition) is 4. The Labute approximate surface area is 173 Å². The summed E-state index contributed by atoms with van der Waals surface area (Å²) in [4.78, 5) is 30.5. The predicted molar refractivity (Wildman–Crippen MR) is 108 cm³/mol. The average Bonchev–Trinajstić information content (AvgIpc) is 2.77. The van der Waals surface area contributed by atoms with Gasteiger partial charge in [0, 0.05) is 44.0 Å². The van der Waals surface area contributed by atoms with Gasteiger partial charge in [0.25, 0.3) is 5.91 Å². The van der Waals surface area contributed by atoms with Gasteiger partial charge in [-0.05, 0) is 30.3 Å². The molecule has 0 aliphatic carbocycles. The molecule has 0 spiro atoms. The number of nitriles is 1. The third-order valence-corrected chi connectivity index (χ3v) is 5.00. The number of hydrogen-bond donors (Lipinski definition) is 0. The van der Waals surface area contributed by atoms with E-state index in [-0.39, 0.29) is 30.3 Å². The van der Waals surface area contributed by atoms with E-state index in [0.29, 0.717) is 32.7 Å². The van der Waals surface area contributed by atoms with E-state index in [2.05, 4.69) is 6.07 Å². The van der Waals surface area contributed by atoms with Crippen molar-refractivity contribution in [1.82, 2.24) is 9.80 Å². The molecule has 1 aliphatic rings. The van der Waals surface area contributed by atoms with Crippen molar-refractivity contribution in [3.63, 3.8) is 0 Å². The molecule has 156 valence electrons. The second-order valence-corrected chi connectivity index (χ2v) is 6.99. The van der Waals surface area contributed by atoms with Gasteiger partial charge in [-0.25, -0.2) is 8.78 Å². The lowest BCUT2D eigenvalue weighted by Crippen LogP contribution is -2.51. The zero-order chi connectivity index (χ0) is 21.5. The van der Waals surface area contributed by atoms with Gasteiger partial charge in [0.05, 0.1) is 19.0 Å². The summed E-state index contributed by atoms with van der Waals surface area (Å²) in [5, 5.41) is 8.89. The second-order valence-electron chi connectivity index (χ2n) is 6.99. The first-order valence-electron chi connectivity index (χ1n) is 9.68. The number of para-hydroxylation sites is 1. The minimum Gasteiger partial charge on any atom is -0.336 e. The number of carbonyl (C=O) groups is 2. The molecule has 6 nitrogen and oxygen atoms in total. The Kier molecular flexibility index (Phi) is 7.09. The number of nitrogens with zero attached hydrogens (tertiary/aromatic N) is 4. The van der Waals surface area contributed by atoms with Crippen molar-refractivity contribution in [2.24, 2.45) is 0 Å². The molecule has 0 saturated carbocycles. The molecule has 2 aromatic carbocycles. The van der Waals surface area contributed by atoms with Crippen LogP contribution < -0.4 is 4.90 Å². The molecular formula is C22H22F2N4O2. The number of piperazine rings is 1. The van der Waals surface area contributed by atoms with Crippen LogP contribution in [0.3, 0.4) is 0 Å². The summed E-state index contributed by atoms with van der Waals surface area (Å²) >= 11 is 0. The number of halogens is 2. The van der Waals surface area contributed by atoms with Gasteiger partial charge in [0.15, 0.2) is 11.6 Å². The minimum absolute atomic E-state index is 0.102. The molecule has 2 aromatic rings. The molecule has 0 bridgehead atoms. The maximum atomic E-state index is 13.4. The summed E-state index contributed by atoms with van der Waals surface area (Å²) in [6, 6.07) is 14.4. The van der Waals surface area contributed by atoms with E-state index >= 15 is 0 Å². The molecule has 0 unspecified atom stereocenters. The van der Waals surface area contributed by atoms with Crippen molar-refractivity contribution >= 4 is 17.5 Å². The highest BCUT2D eigenvalue weighted by atomic mass is 19.2. The molecular weight excluding hydrogens is 390 g/mol. The Hall–Kier alpha value is -3.31. The van der Waals surface area contributed by atoms with Gasteiger partial charge in [0.2, 0.25) is 5.91 Å². The van der Waals surface area contributed by atoms with Crippen LogP contribution in [0.25, 0.3) is 0 Å². The third-order valence-electron chi connectivity index (χ3n) is 5.00. The smallest absolute Gasteiger partial charge is 0.254 e. The van der Waals surface area contributed by atoms with Crippen LogP contribution in [0.15, 0.2) is 48.5 Å². The molecule has 1 aliphatic heterocycles. The zero-order valence-corrected chi connectivity index (χ0v) is 16.4. The molecule has 1 saturated heterocycles. The lowest BCUT2D eigenvalue weighted by Gasteiger charge is -2.35. The highest BCUT2D eigenvalue weighted by molar-refractivity contribution is 5.95. The molecule has 0 atom stereocenters. The van der Waals surface area contributed by atoms with Crippen molar-refractivity contribution in [2.75, 3.05) is 44.2 Å². The average molecular weight is 412 g/mol. The van der Waals surface area contributed by atoms with Crippen molar-refractivity contribution in [3.05, 3.63) is 65.7 Å². The Balaban J connectivity index is 1.57.